The van der Waals surface area contributed by atoms with Crippen LogP contribution in [0.25, 0.3) is 11.0 Å². The summed E-state index contributed by atoms with van der Waals surface area (Å²) in [6.45, 7) is 13.3. The number of likely N-dealkylation sites (tertiary alicyclic amines) is 1. The fraction of sp³-hybridized carbons (Fsp3) is 0.594. The lowest BCUT2D eigenvalue weighted by Gasteiger charge is -2.37. The summed E-state index contributed by atoms with van der Waals surface area (Å²) in [4.78, 5) is 48.4. The molecule has 1 aromatic heterocycles. The van der Waals surface area contributed by atoms with Crippen molar-refractivity contribution in [3.05, 3.63) is 49.6 Å². The number of aromatic nitrogens is 3. The molecule has 2 unspecified atom stereocenters. The van der Waals surface area contributed by atoms with E-state index in [4.69, 9.17) is 4.74 Å². The van der Waals surface area contributed by atoms with Crippen molar-refractivity contribution in [1.82, 2.24) is 29.7 Å². The predicted octanol–water partition coefficient (Wildman–Crippen LogP) is 2.76. The summed E-state index contributed by atoms with van der Waals surface area (Å²) in [7, 11) is 0. The Hall–Kier alpha value is -3.57. The van der Waals surface area contributed by atoms with Gasteiger partial charge >= 0.3 is 0 Å². The van der Waals surface area contributed by atoms with Crippen LogP contribution in [0.2, 0.25) is 0 Å². The van der Waals surface area contributed by atoms with Crippen LogP contribution < -0.4 is 0 Å². The van der Waals surface area contributed by atoms with Gasteiger partial charge in [0.25, 0.3) is 0 Å². The van der Waals surface area contributed by atoms with Gasteiger partial charge in [-0.05, 0) is 50.7 Å². The van der Waals surface area contributed by atoms with Crippen molar-refractivity contribution in [3.8, 4) is 0 Å². The van der Waals surface area contributed by atoms with E-state index in [0.29, 0.717) is 50.7 Å². The highest BCUT2D eigenvalue weighted by molar-refractivity contribution is 5.99. The van der Waals surface area contributed by atoms with Crippen LogP contribution >= 0.6 is 0 Å². The predicted molar refractivity (Wildman–Crippen MR) is 161 cm³/mol. The molecule has 232 valence electrons. The van der Waals surface area contributed by atoms with Crippen molar-refractivity contribution in [3.63, 3.8) is 0 Å². The maximum absolute atomic E-state index is 14.7. The van der Waals surface area contributed by atoms with Gasteiger partial charge in [0.15, 0.2) is 0 Å². The Morgan fingerprint density at radius 3 is 2.56 bits per heavy atom. The van der Waals surface area contributed by atoms with E-state index in [1.807, 2.05) is 38.1 Å². The molecule has 11 heteroatoms. The second-order valence-electron chi connectivity index (χ2n) is 11.9. The van der Waals surface area contributed by atoms with Crippen LogP contribution in [0, 0.1) is 11.8 Å². The third-order valence-electron chi connectivity index (χ3n) is 9.53. The molecule has 3 saturated heterocycles. The zero-order chi connectivity index (χ0) is 30.8. The van der Waals surface area contributed by atoms with Crippen molar-refractivity contribution in [2.24, 2.45) is 11.8 Å². The van der Waals surface area contributed by atoms with E-state index in [-0.39, 0.29) is 44.1 Å². The lowest BCUT2D eigenvalue weighted by atomic mass is 9.64. The number of para-hydroxylation sites is 1. The summed E-state index contributed by atoms with van der Waals surface area (Å²) >= 11 is 0. The molecule has 0 aliphatic carbocycles. The smallest absolute Gasteiger partial charge is 0.250 e. The third-order valence-corrected chi connectivity index (χ3v) is 9.53. The molecule has 1 spiro atoms. The number of ether oxygens (including phenoxy) is 1. The van der Waals surface area contributed by atoms with Gasteiger partial charge in [0, 0.05) is 32.8 Å². The summed E-state index contributed by atoms with van der Waals surface area (Å²) < 4.78 is 8.61. The minimum absolute atomic E-state index is 0.0126. The van der Waals surface area contributed by atoms with Crippen LogP contribution in [0.4, 0.5) is 0 Å². The second kappa shape index (κ2) is 12.6. The van der Waals surface area contributed by atoms with Gasteiger partial charge in [0.05, 0.1) is 23.0 Å². The summed E-state index contributed by atoms with van der Waals surface area (Å²) in [5, 5.41) is 18.0. The van der Waals surface area contributed by atoms with E-state index in [0.717, 1.165) is 11.9 Å². The molecule has 3 aliphatic rings. The van der Waals surface area contributed by atoms with Crippen LogP contribution in [0.5, 0.6) is 0 Å². The number of aliphatic hydroxyl groups is 1. The number of fused-ring (bicyclic) bond motifs is 2. The topological polar surface area (TPSA) is 121 Å². The van der Waals surface area contributed by atoms with E-state index in [1.54, 1.807) is 31.5 Å². The number of unbranched alkanes of at least 4 members (excludes halogenated alkanes) is 1. The number of carbonyl (C=O) groups is 3. The molecule has 3 amide bonds. The maximum atomic E-state index is 14.7. The van der Waals surface area contributed by atoms with E-state index in [2.05, 4.69) is 23.5 Å². The van der Waals surface area contributed by atoms with Gasteiger partial charge in [0.1, 0.15) is 23.8 Å². The Labute approximate surface area is 253 Å². The second-order valence-corrected chi connectivity index (χ2v) is 11.9. The highest BCUT2D eigenvalue weighted by Crippen LogP contribution is 2.64. The molecule has 2 aromatic rings. The van der Waals surface area contributed by atoms with E-state index < -0.39 is 29.1 Å². The Kier molecular flexibility index (Phi) is 9.03. The SMILES string of the molecule is C=CCN(Cn1nnc2ccccc21)C(=O)C1N(CCCCO)C(=O)[C@@H]2[C@@H](C(=O)N(CC=C)CCC)[C@@]3(CC)CCC12O3. The van der Waals surface area contributed by atoms with Gasteiger partial charge in [-0.3, -0.25) is 14.4 Å². The molecule has 43 heavy (non-hydrogen) atoms. The monoisotopic (exact) mass is 592 g/mol. The Bertz CT molecular complexity index is 1380. The average molecular weight is 593 g/mol. The van der Waals surface area contributed by atoms with Crippen LogP contribution in [0.15, 0.2) is 49.6 Å². The largest absolute Gasteiger partial charge is 0.396 e. The molecular weight excluding hydrogens is 548 g/mol. The number of amides is 3. The van der Waals surface area contributed by atoms with Crippen molar-refractivity contribution >= 4 is 28.8 Å². The van der Waals surface area contributed by atoms with Gasteiger partial charge in [-0.2, -0.15) is 0 Å². The molecule has 3 aliphatic heterocycles. The molecule has 5 rings (SSSR count). The first-order chi connectivity index (χ1) is 20.8. The zero-order valence-corrected chi connectivity index (χ0v) is 25.4. The number of benzene rings is 1. The van der Waals surface area contributed by atoms with E-state index >= 15 is 0 Å². The number of nitrogens with zero attached hydrogens (tertiary/aromatic N) is 6. The van der Waals surface area contributed by atoms with Crippen LogP contribution in [-0.4, -0.2) is 103 Å². The Morgan fingerprint density at radius 2 is 1.86 bits per heavy atom. The van der Waals surface area contributed by atoms with Gasteiger partial charge in [-0.25, -0.2) is 4.68 Å². The lowest BCUT2D eigenvalue weighted by Crippen LogP contribution is -2.56. The quantitative estimate of drug-likeness (QED) is 0.249. The number of rotatable bonds is 15. The normalized spacial score (nSPS) is 27.5. The molecule has 11 nitrogen and oxygen atoms in total. The molecule has 5 atom stereocenters. The zero-order valence-electron chi connectivity index (χ0n) is 25.4. The average Bonchev–Trinajstić information content (AvgIpc) is 3.74. The minimum atomic E-state index is -1.13. The van der Waals surface area contributed by atoms with Crippen molar-refractivity contribution in [2.45, 2.75) is 76.3 Å². The van der Waals surface area contributed by atoms with Crippen molar-refractivity contribution in [2.75, 3.05) is 32.8 Å². The van der Waals surface area contributed by atoms with E-state index in [1.165, 1.54) is 0 Å². The number of carbonyl (C=O) groups excluding carboxylic acids is 3. The van der Waals surface area contributed by atoms with Gasteiger partial charge in [0.2, 0.25) is 17.7 Å². The molecule has 0 saturated carbocycles. The molecule has 4 heterocycles. The van der Waals surface area contributed by atoms with Crippen LogP contribution in [0.3, 0.4) is 0 Å². The van der Waals surface area contributed by atoms with Crippen LogP contribution in [0.1, 0.15) is 52.4 Å². The number of aliphatic hydroxyl groups excluding tert-OH is 1. The van der Waals surface area contributed by atoms with Gasteiger partial charge in [-0.15, -0.1) is 18.3 Å². The fourth-order valence-corrected chi connectivity index (χ4v) is 7.65. The highest BCUT2D eigenvalue weighted by Gasteiger charge is 2.79. The lowest BCUT2D eigenvalue weighted by molar-refractivity contribution is -0.155. The molecule has 1 N–H and O–H groups in total. The van der Waals surface area contributed by atoms with Crippen molar-refractivity contribution < 1.29 is 24.2 Å². The number of hydrogen-bond acceptors (Lipinski definition) is 7. The first-order valence-corrected chi connectivity index (χ1v) is 15.5. The Balaban J connectivity index is 1.55. The standard InChI is InChI=1S/C32H44N6O5/c1-5-17-35(18-6-2)28(40)25-26-29(41)37(20-11-12-21-39)27(32(26)16-15-31(25,8-4)43-32)30(42)36(19-7-3)22-38-24-14-10-9-13-23(24)33-34-38/h5,7,9-10,13-14,25-27,39H,1,3,6,8,11-12,15-22H2,2,4H3/t25-,26-,27?,31+,32?/m0/s1. The Morgan fingerprint density at radius 1 is 1.12 bits per heavy atom. The molecular formula is C32H44N6O5. The summed E-state index contributed by atoms with van der Waals surface area (Å²) in [5.74, 6) is -2.04. The summed E-state index contributed by atoms with van der Waals surface area (Å²) in [6, 6.07) is 6.62. The first kappa shape index (κ1) is 30.9. The highest BCUT2D eigenvalue weighted by atomic mass is 16.5. The van der Waals surface area contributed by atoms with Gasteiger partial charge < -0.3 is 24.5 Å². The first-order valence-electron chi connectivity index (χ1n) is 15.5. The summed E-state index contributed by atoms with van der Waals surface area (Å²) in [5.41, 5.74) is -0.436. The summed E-state index contributed by atoms with van der Waals surface area (Å²) in [6.07, 6.45) is 6.84. The molecule has 2 bridgehead atoms. The van der Waals surface area contributed by atoms with Crippen LogP contribution in [-0.2, 0) is 25.8 Å². The molecule has 3 fully saturated rings. The van der Waals surface area contributed by atoms with Gasteiger partial charge in [-0.1, -0.05) is 43.3 Å². The van der Waals surface area contributed by atoms with Crippen molar-refractivity contribution in [1.29, 1.82) is 0 Å². The maximum Gasteiger partial charge on any atom is 0.250 e. The fourth-order valence-electron chi connectivity index (χ4n) is 7.65. The van der Waals surface area contributed by atoms with E-state index in [9.17, 15) is 19.5 Å². The minimum Gasteiger partial charge on any atom is -0.396 e. The third kappa shape index (κ3) is 5.06. The molecule has 1 aromatic carbocycles. The molecule has 0 radical (unpaired) electrons. The number of hydrogen-bond donors (Lipinski definition) is 1.